The van der Waals surface area contributed by atoms with Crippen molar-refractivity contribution >= 4 is 5.91 Å². The van der Waals surface area contributed by atoms with Gasteiger partial charge in [-0.15, -0.1) is 5.10 Å². The Morgan fingerprint density at radius 2 is 1.88 bits per heavy atom. The molecule has 10 heteroatoms. The first-order chi connectivity index (χ1) is 12.3. The number of aromatic nitrogens is 4. The molecule has 0 N–H and O–H groups in total. The van der Waals surface area contributed by atoms with E-state index in [0.717, 1.165) is 12.1 Å². The Hall–Kier alpha value is -2.49. The number of halogens is 3. The van der Waals surface area contributed by atoms with E-state index in [1.807, 2.05) is 18.7 Å². The second-order valence-corrected chi connectivity index (χ2v) is 6.12. The van der Waals surface area contributed by atoms with E-state index in [1.54, 1.807) is 4.90 Å². The van der Waals surface area contributed by atoms with Gasteiger partial charge in [-0.2, -0.15) is 17.9 Å². The normalized spacial score (nSPS) is 19.2. The van der Waals surface area contributed by atoms with Gasteiger partial charge >= 0.3 is 6.18 Å². The van der Waals surface area contributed by atoms with Crippen LogP contribution in [0, 0.1) is 0 Å². The zero-order valence-corrected chi connectivity index (χ0v) is 14.4. The van der Waals surface area contributed by atoms with Crippen molar-refractivity contribution in [2.24, 2.45) is 0 Å². The van der Waals surface area contributed by atoms with Gasteiger partial charge in [0.25, 0.3) is 0 Å². The fourth-order valence-corrected chi connectivity index (χ4v) is 2.98. The smallest absolute Gasteiger partial charge is 0.340 e. The molecule has 0 radical (unpaired) electrons. The largest absolute Gasteiger partial charge is 0.416 e. The van der Waals surface area contributed by atoms with Crippen molar-refractivity contribution in [3.05, 3.63) is 35.7 Å². The summed E-state index contributed by atoms with van der Waals surface area (Å²) in [6.07, 6.45) is -4.39. The average molecular weight is 368 g/mol. The monoisotopic (exact) mass is 368 g/mol. The molecule has 2 aromatic rings. The zero-order valence-electron chi connectivity index (χ0n) is 14.4. The van der Waals surface area contributed by atoms with Crippen LogP contribution in [0.1, 0.15) is 25.2 Å². The highest BCUT2D eigenvalue weighted by atomic mass is 19.4. The maximum atomic E-state index is 12.7. The highest BCUT2D eigenvalue weighted by Crippen LogP contribution is 2.29. The summed E-state index contributed by atoms with van der Waals surface area (Å²) >= 11 is 0. The van der Waals surface area contributed by atoms with E-state index < -0.39 is 11.7 Å². The Morgan fingerprint density at radius 3 is 2.50 bits per heavy atom. The number of nitrogens with zero attached hydrogens (tertiary/aromatic N) is 6. The summed E-state index contributed by atoms with van der Waals surface area (Å²) in [5.41, 5.74) is -0.296. The van der Waals surface area contributed by atoms with Crippen LogP contribution >= 0.6 is 0 Å². The van der Waals surface area contributed by atoms with Crippen LogP contribution in [-0.4, -0.2) is 61.6 Å². The standard InChI is InChI=1S/C16H19F3N6O/c1-3-23-8-9-24(11(2)15(23)26)10-14-20-21-22-25(14)13-6-4-12(5-7-13)16(17,18)19/h4-7,11H,3,8-10H2,1-2H3. The lowest BCUT2D eigenvalue weighted by Crippen LogP contribution is -2.55. The third-order valence-corrected chi connectivity index (χ3v) is 4.57. The van der Waals surface area contributed by atoms with E-state index in [0.29, 0.717) is 37.7 Å². The quantitative estimate of drug-likeness (QED) is 0.822. The average Bonchev–Trinajstić information content (AvgIpc) is 3.07. The molecule has 7 nitrogen and oxygen atoms in total. The minimum absolute atomic E-state index is 0.0484. The molecule has 3 rings (SSSR count). The Morgan fingerprint density at radius 1 is 1.19 bits per heavy atom. The highest BCUT2D eigenvalue weighted by molar-refractivity contribution is 5.82. The van der Waals surface area contributed by atoms with E-state index in [1.165, 1.54) is 16.8 Å². The van der Waals surface area contributed by atoms with Crippen molar-refractivity contribution < 1.29 is 18.0 Å². The Balaban J connectivity index is 1.78. The van der Waals surface area contributed by atoms with E-state index in [4.69, 9.17) is 0 Å². The highest BCUT2D eigenvalue weighted by Gasteiger charge is 2.32. The van der Waals surface area contributed by atoms with Crippen molar-refractivity contribution in [3.8, 4) is 5.69 Å². The molecule has 1 saturated heterocycles. The second kappa shape index (κ2) is 7.02. The molecule has 1 fully saturated rings. The molecular weight excluding hydrogens is 349 g/mol. The molecule has 1 amide bonds. The van der Waals surface area contributed by atoms with Gasteiger partial charge in [-0.1, -0.05) is 0 Å². The van der Waals surface area contributed by atoms with Crippen molar-refractivity contribution in [1.82, 2.24) is 30.0 Å². The van der Waals surface area contributed by atoms with Gasteiger partial charge in [0.1, 0.15) is 0 Å². The van der Waals surface area contributed by atoms with Crippen LogP contribution in [0.15, 0.2) is 24.3 Å². The number of benzene rings is 1. The maximum absolute atomic E-state index is 12.7. The second-order valence-electron chi connectivity index (χ2n) is 6.12. The number of carbonyl (C=O) groups excluding carboxylic acids is 1. The Bertz CT molecular complexity index is 773. The fraction of sp³-hybridized carbons (Fsp3) is 0.500. The fourth-order valence-electron chi connectivity index (χ4n) is 2.98. The summed E-state index contributed by atoms with van der Waals surface area (Å²) in [5.74, 6) is 0.515. The first-order valence-electron chi connectivity index (χ1n) is 8.29. The molecule has 0 spiro atoms. The molecule has 0 aliphatic carbocycles. The molecule has 1 atom stereocenters. The third-order valence-electron chi connectivity index (χ3n) is 4.57. The van der Waals surface area contributed by atoms with Gasteiger partial charge in [0.05, 0.1) is 23.8 Å². The minimum Gasteiger partial charge on any atom is -0.340 e. The summed E-state index contributed by atoms with van der Waals surface area (Å²) < 4.78 is 39.5. The Kier molecular flexibility index (Phi) is 4.94. The summed E-state index contributed by atoms with van der Waals surface area (Å²) in [7, 11) is 0. The minimum atomic E-state index is -4.39. The van der Waals surface area contributed by atoms with Gasteiger partial charge in [0.15, 0.2) is 5.82 Å². The van der Waals surface area contributed by atoms with E-state index in [-0.39, 0.29) is 11.9 Å². The molecule has 1 aromatic carbocycles. The molecule has 1 unspecified atom stereocenters. The maximum Gasteiger partial charge on any atom is 0.416 e. The van der Waals surface area contributed by atoms with Gasteiger partial charge < -0.3 is 4.90 Å². The van der Waals surface area contributed by atoms with E-state index >= 15 is 0 Å². The number of amides is 1. The molecule has 2 heterocycles. The molecule has 1 aliphatic rings. The van der Waals surface area contributed by atoms with Crippen LogP contribution in [0.2, 0.25) is 0 Å². The predicted octanol–water partition coefficient (Wildman–Crippen LogP) is 1.73. The Labute approximate surface area is 148 Å². The number of tetrazole rings is 1. The number of rotatable bonds is 4. The SMILES string of the molecule is CCN1CCN(Cc2nnnn2-c2ccc(C(F)(F)F)cc2)C(C)C1=O. The third kappa shape index (κ3) is 3.55. The molecule has 140 valence electrons. The summed E-state index contributed by atoms with van der Waals surface area (Å²) in [5, 5.41) is 11.5. The van der Waals surface area contributed by atoms with Crippen molar-refractivity contribution in [1.29, 1.82) is 0 Å². The molecule has 0 saturated carbocycles. The molecule has 1 aromatic heterocycles. The van der Waals surface area contributed by atoms with Crippen molar-refractivity contribution in [2.45, 2.75) is 32.6 Å². The van der Waals surface area contributed by atoms with Gasteiger partial charge in [0, 0.05) is 19.6 Å². The number of hydrogen-bond donors (Lipinski definition) is 0. The first-order valence-corrected chi connectivity index (χ1v) is 8.29. The summed E-state index contributed by atoms with van der Waals surface area (Å²) in [6, 6.07) is 4.33. The van der Waals surface area contributed by atoms with Crippen LogP contribution in [0.3, 0.4) is 0 Å². The van der Waals surface area contributed by atoms with Crippen LogP contribution in [0.5, 0.6) is 0 Å². The summed E-state index contributed by atoms with van der Waals surface area (Å²) in [4.78, 5) is 16.1. The van der Waals surface area contributed by atoms with E-state index in [2.05, 4.69) is 15.5 Å². The number of carbonyl (C=O) groups is 1. The van der Waals surface area contributed by atoms with Crippen molar-refractivity contribution in [3.63, 3.8) is 0 Å². The molecule has 0 bridgehead atoms. The topological polar surface area (TPSA) is 67.2 Å². The van der Waals surface area contributed by atoms with Crippen LogP contribution in [-0.2, 0) is 17.5 Å². The number of likely N-dealkylation sites (N-methyl/N-ethyl adjacent to an activating group) is 1. The van der Waals surface area contributed by atoms with Gasteiger partial charge in [-0.3, -0.25) is 9.69 Å². The number of hydrogen-bond acceptors (Lipinski definition) is 5. The van der Waals surface area contributed by atoms with Gasteiger partial charge in [-0.25, -0.2) is 0 Å². The first kappa shape index (κ1) is 18.3. The molecular formula is C16H19F3N6O. The van der Waals surface area contributed by atoms with E-state index in [9.17, 15) is 18.0 Å². The lowest BCUT2D eigenvalue weighted by Gasteiger charge is -2.38. The number of piperazine rings is 1. The van der Waals surface area contributed by atoms with Gasteiger partial charge in [0.2, 0.25) is 5.91 Å². The van der Waals surface area contributed by atoms with Crippen LogP contribution in [0.4, 0.5) is 13.2 Å². The van der Waals surface area contributed by atoms with Crippen LogP contribution < -0.4 is 0 Å². The lowest BCUT2D eigenvalue weighted by molar-refractivity contribution is -0.141. The molecule has 26 heavy (non-hydrogen) atoms. The predicted molar refractivity (Wildman–Crippen MR) is 86.3 cm³/mol. The lowest BCUT2D eigenvalue weighted by atomic mass is 10.1. The van der Waals surface area contributed by atoms with Gasteiger partial charge in [-0.05, 0) is 48.5 Å². The van der Waals surface area contributed by atoms with Crippen molar-refractivity contribution in [2.75, 3.05) is 19.6 Å². The number of alkyl halides is 3. The zero-order chi connectivity index (χ0) is 18.9. The van der Waals surface area contributed by atoms with Crippen LogP contribution in [0.25, 0.3) is 5.69 Å². The molecule has 1 aliphatic heterocycles. The summed E-state index contributed by atoms with van der Waals surface area (Å²) in [6.45, 7) is 6.07.